The van der Waals surface area contributed by atoms with Gasteiger partial charge in [-0.2, -0.15) is 0 Å². The highest BCUT2D eigenvalue weighted by Crippen LogP contribution is 2.30. The number of carbonyl (C=O) groups excluding carboxylic acids is 1. The van der Waals surface area contributed by atoms with E-state index in [1.165, 1.54) is 5.69 Å². The zero-order chi connectivity index (χ0) is 19.3. The number of likely N-dealkylation sites (N-methyl/N-ethyl adjacent to an activating group) is 1. The fourth-order valence-electron chi connectivity index (χ4n) is 4.35. The van der Waals surface area contributed by atoms with Gasteiger partial charge < -0.3 is 9.80 Å². The number of hydrogen-bond acceptors (Lipinski definition) is 2. The summed E-state index contributed by atoms with van der Waals surface area (Å²) in [5.41, 5.74) is 4.42. The van der Waals surface area contributed by atoms with Crippen molar-refractivity contribution in [2.75, 3.05) is 31.5 Å². The summed E-state index contributed by atoms with van der Waals surface area (Å²) in [7, 11) is 0. The number of likely N-dealkylation sites (tertiary alicyclic amines) is 1. The number of rotatable bonds is 5. The predicted molar refractivity (Wildman–Crippen MR) is 111 cm³/mol. The molecule has 1 N–H and O–H groups in total. The number of aryl methyl sites for hydroxylation is 2. The lowest BCUT2D eigenvalue weighted by atomic mass is 9.96. The van der Waals surface area contributed by atoms with Gasteiger partial charge in [-0.15, -0.1) is 0 Å². The molecule has 144 valence electrons. The molecule has 1 aromatic heterocycles. The molecule has 0 saturated carbocycles. The zero-order valence-electron chi connectivity index (χ0n) is 16.9. The minimum Gasteiger partial charge on any atom is -0.321 e. The van der Waals surface area contributed by atoms with E-state index in [1.807, 2.05) is 18.3 Å². The molecule has 0 aliphatic carbocycles. The summed E-state index contributed by atoms with van der Waals surface area (Å²) < 4.78 is 0.875. The van der Waals surface area contributed by atoms with E-state index in [0.29, 0.717) is 12.5 Å². The van der Waals surface area contributed by atoms with E-state index in [2.05, 4.69) is 55.3 Å². The molecule has 27 heavy (non-hydrogen) atoms. The van der Waals surface area contributed by atoms with Crippen LogP contribution in [0.1, 0.15) is 48.9 Å². The number of amides is 1. The van der Waals surface area contributed by atoms with Gasteiger partial charge in [0.15, 0.2) is 6.54 Å². The van der Waals surface area contributed by atoms with Crippen molar-refractivity contribution in [3.8, 4) is 0 Å². The molecule has 0 spiro atoms. The van der Waals surface area contributed by atoms with E-state index in [9.17, 15) is 4.79 Å². The normalized spacial score (nSPS) is 22.9. The molecule has 2 atom stereocenters. The lowest BCUT2D eigenvalue weighted by Crippen LogP contribution is -2.52. The van der Waals surface area contributed by atoms with Crippen LogP contribution in [0.3, 0.4) is 0 Å². The Morgan fingerprint density at radius 3 is 2.56 bits per heavy atom. The predicted octanol–water partition coefficient (Wildman–Crippen LogP) is 4.44. The van der Waals surface area contributed by atoms with Crippen molar-refractivity contribution in [1.82, 2.24) is 4.98 Å². The minimum atomic E-state index is 0.130. The van der Waals surface area contributed by atoms with Crippen molar-refractivity contribution < 1.29 is 9.28 Å². The van der Waals surface area contributed by atoms with Crippen molar-refractivity contribution in [2.24, 2.45) is 0 Å². The Labute approximate surface area is 163 Å². The zero-order valence-corrected chi connectivity index (χ0v) is 16.9. The molecule has 1 fully saturated rings. The van der Waals surface area contributed by atoms with Gasteiger partial charge >= 0.3 is 0 Å². The molecule has 2 unspecified atom stereocenters. The second kappa shape index (κ2) is 8.66. The van der Waals surface area contributed by atoms with E-state index in [0.717, 1.165) is 60.2 Å². The Balaban J connectivity index is 1.67. The summed E-state index contributed by atoms with van der Waals surface area (Å²) in [6.07, 6.45) is 5.29. The smallest absolute Gasteiger partial charge is 0.279 e. The van der Waals surface area contributed by atoms with E-state index in [1.54, 1.807) is 0 Å². The van der Waals surface area contributed by atoms with Crippen LogP contribution in [-0.2, 0) is 4.79 Å². The Bertz CT molecular complexity index is 754. The molecule has 0 bridgehead atoms. The topological polar surface area (TPSA) is 42.0 Å². The van der Waals surface area contributed by atoms with Gasteiger partial charge in [-0.1, -0.05) is 24.3 Å². The molecule has 3 rings (SSSR count). The SMILES string of the molecule is CC[N+]1(CC(=O)Nc2c(C)cccc2C)CCCC(c2ccccn2)CC1. The maximum absolute atomic E-state index is 12.9. The third kappa shape index (κ3) is 4.75. The van der Waals surface area contributed by atoms with Crippen LogP contribution in [0.25, 0.3) is 0 Å². The lowest BCUT2D eigenvalue weighted by Gasteiger charge is -2.36. The molecule has 1 aromatic carbocycles. The van der Waals surface area contributed by atoms with Gasteiger partial charge in [0.2, 0.25) is 0 Å². The first-order valence-electron chi connectivity index (χ1n) is 10.1. The molecule has 2 aromatic rings. The number of aromatic nitrogens is 1. The van der Waals surface area contributed by atoms with Crippen LogP contribution in [0.2, 0.25) is 0 Å². The number of nitrogens with one attached hydrogen (secondary N) is 1. The van der Waals surface area contributed by atoms with Crippen molar-refractivity contribution in [3.63, 3.8) is 0 Å². The van der Waals surface area contributed by atoms with E-state index in [4.69, 9.17) is 0 Å². The number of quaternary nitrogens is 1. The highest BCUT2D eigenvalue weighted by Gasteiger charge is 2.33. The van der Waals surface area contributed by atoms with Gasteiger partial charge in [-0.05, 0) is 56.9 Å². The Morgan fingerprint density at radius 1 is 1.11 bits per heavy atom. The molecule has 4 nitrogen and oxygen atoms in total. The molecule has 2 heterocycles. The van der Waals surface area contributed by atoms with Crippen LogP contribution in [0, 0.1) is 13.8 Å². The lowest BCUT2D eigenvalue weighted by molar-refractivity contribution is -0.918. The molecule has 4 heteroatoms. The second-order valence-electron chi connectivity index (χ2n) is 7.96. The van der Waals surface area contributed by atoms with Gasteiger partial charge in [0.05, 0.1) is 19.6 Å². The molecular formula is C23H32N3O+. The summed E-state index contributed by atoms with van der Waals surface area (Å²) >= 11 is 0. The van der Waals surface area contributed by atoms with Crippen LogP contribution in [0.15, 0.2) is 42.6 Å². The summed E-state index contributed by atoms with van der Waals surface area (Å²) in [5.74, 6) is 0.643. The fraction of sp³-hybridized carbons (Fsp3) is 0.478. The average molecular weight is 367 g/mol. The average Bonchev–Trinajstić information content (AvgIpc) is 2.89. The van der Waals surface area contributed by atoms with Gasteiger partial charge in [0, 0.05) is 29.9 Å². The quantitative estimate of drug-likeness (QED) is 0.795. The number of nitrogens with zero attached hydrogens (tertiary/aromatic N) is 2. The van der Waals surface area contributed by atoms with E-state index in [-0.39, 0.29) is 5.91 Å². The molecular weight excluding hydrogens is 334 g/mol. The Hall–Kier alpha value is -2.20. The standard InChI is InChI=1S/C23H31N3O/c1-4-26(17-22(27)25-23-18(2)9-7-10-19(23)3)15-8-11-20(13-16-26)21-12-5-6-14-24-21/h5-7,9-10,12,14,20H,4,8,11,13,15-17H2,1-3H3/p+1. The number of anilines is 1. The number of benzene rings is 1. The van der Waals surface area contributed by atoms with Crippen molar-refractivity contribution >= 4 is 11.6 Å². The minimum absolute atomic E-state index is 0.130. The molecule has 0 radical (unpaired) electrons. The number of pyridine rings is 1. The van der Waals surface area contributed by atoms with Crippen LogP contribution in [-0.4, -0.2) is 41.6 Å². The van der Waals surface area contributed by atoms with Crippen LogP contribution in [0.5, 0.6) is 0 Å². The molecule has 1 saturated heterocycles. The highest BCUT2D eigenvalue weighted by atomic mass is 16.2. The van der Waals surface area contributed by atoms with Gasteiger partial charge in [-0.3, -0.25) is 9.78 Å². The maximum atomic E-state index is 12.9. The summed E-state index contributed by atoms with van der Waals surface area (Å²) in [5, 5.41) is 3.18. The third-order valence-corrected chi connectivity index (χ3v) is 6.14. The third-order valence-electron chi connectivity index (χ3n) is 6.14. The van der Waals surface area contributed by atoms with Crippen molar-refractivity contribution in [3.05, 3.63) is 59.4 Å². The van der Waals surface area contributed by atoms with Gasteiger partial charge in [0.1, 0.15) is 0 Å². The second-order valence-corrected chi connectivity index (χ2v) is 7.96. The Morgan fingerprint density at radius 2 is 1.89 bits per heavy atom. The first-order chi connectivity index (χ1) is 13.0. The Kier molecular flexibility index (Phi) is 6.27. The fourth-order valence-corrected chi connectivity index (χ4v) is 4.35. The van der Waals surface area contributed by atoms with Crippen LogP contribution >= 0.6 is 0 Å². The molecule has 1 aliphatic heterocycles. The van der Waals surface area contributed by atoms with Gasteiger partial charge in [0.25, 0.3) is 5.91 Å². The molecule has 1 aliphatic rings. The van der Waals surface area contributed by atoms with Crippen molar-refractivity contribution in [1.29, 1.82) is 0 Å². The monoisotopic (exact) mass is 366 g/mol. The summed E-state index contributed by atoms with van der Waals surface area (Å²) in [4.78, 5) is 17.4. The first-order valence-corrected chi connectivity index (χ1v) is 10.1. The van der Waals surface area contributed by atoms with Crippen molar-refractivity contribution in [2.45, 2.75) is 46.0 Å². The van der Waals surface area contributed by atoms with Crippen LogP contribution < -0.4 is 5.32 Å². The largest absolute Gasteiger partial charge is 0.321 e. The summed E-state index contributed by atoms with van der Waals surface area (Å²) in [6, 6.07) is 12.3. The summed E-state index contributed by atoms with van der Waals surface area (Å²) in [6.45, 7) is 9.98. The van der Waals surface area contributed by atoms with Gasteiger partial charge in [-0.25, -0.2) is 0 Å². The highest BCUT2D eigenvalue weighted by molar-refractivity contribution is 5.93. The van der Waals surface area contributed by atoms with E-state index < -0.39 is 0 Å². The van der Waals surface area contributed by atoms with E-state index >= 15 is 0 Å². The first kappa shape index (κ1) is 19.6. The number of para-hydroxylation sites is 1. The van der Waals surface area contributed by atoms with Crippen LogP contribution in [0.4, 0.5) is 5.69 Å². The number of carbonyl (C=O) groups is 1. The number of hydrogen-bond donors (Lipinski definition) is 1. The molecule has 1 amide bonds. The maximum Gasteiger partial charge on any atom is 0.279 e.